The maximum Gasteiger partial charge on any atom is 0.491 e. The number of pyridine rings is 1. The van der Waals surface area contributed by atoms with Crippen LogP contribution in [-0.4, -0.2) is 46.1 Å². The quantitative estimate of drug-likeness (QED) is 0.275. The van der Waals surface area contributed by atoms with Gasteiger partial charge in [0.25, 0.3) is 5.91 Å². The minimum Gasteiger partial charge on any atom is -0.485 e. The molecule has 0 spiro atoms. The summed E-state index contributed by atoms with van der Waals surface area (Å²) in [7, 11) is 0. The molecular formula is C23H21F5N4O5. The van der Waals surface area contributed by atoms with Gasteiger partial charge in [-0.3, -0.25) is 9.20 Å². The van der Waals surface area contributed by atoms with E-state index in [4.69, 9.17) is 4.74 Å². The van der Waals surface area contributed by atoms with E-state index in [0.29, 0.717) is 5.56 Å². The molecule has 0 aliphatic rings. The number of imidazole rings is 1. The highest BCUT2D eigenvalue weighted by molar-refractivity contribution is 5.95. The van der Waals surface area contributed by atoms with Gasteiger partial charge >= 0.3 is 18.2 Å². The predicted molar refractivity (Wildman–Crippen MR) is 118 cm³/mol. The molecule has 1 aromatic carbocycles. The summed E-state index contributed by atoms with van der Waals surface area (Å²) >= 11 is 0. The predicted octanol–water partition coefficient (Wildman–Crippen LogP) is 3.74. The molecule has 2 heterocycles. The largest absolute Gasteiger partial charge is 0.491 e. The average molecular weight is 528 g/mol. The Morgan fingerprint density at radius 2 is 1.78 bits per heavy atom. The molecule has 37 heavy (non-hydrogen) atoms. The van der Waals surface area contributed by atoms with Gasteiger partial charge in [0.05, 0.1) is 11.3 Å². The van der Waals surface area contributed by atoms with Crippen LogP contribution in [0, 0.1) is 25.5 Å². The number of hydrogen-bond acceptors (Lipinski definition) is 6. The van der Waals surface area contributed by atoms with E-state index in [0.717, 1.165) is 12.1 Å². The molecule has 14 heteroatoms. The lowest BCUT2D eigenvalue weighted by molar-refractivity contribution is -0.192. The second kappa shape index (κ2) is 10.8. The van der Waals surface area contributed by atoms with Crippen molar-refractivity contribution in [2.75, 3.05) is 6.54 Å². The summed E-state index contributed by atoms with van der Waals surface area (Å²) in [5.74, 6) is -4.71. The van der Waals surface area contributed by atoms with Crippen LogP contribution in [0.2, 0.25) is 0 Å². The van der Waals surface area contributed by atoms with E-state index in [-0.39, 0.29) is 34.9 Å². The van der Waals surface area contributed by atoms with E-state index >= 15 is 0 Å². The molecule has 2 amide bonds. The molecule has 198 valence electrons. The number of rotatable bonds is 7. The van der Waals surface area contributed by atoms with E-state index in [1.807, 2.05) is 5.32 Å². The number of esters is 1. The summed E-state index contributed by atoms with van der Waals surface area (Å²) in [6.45, 7) is 3.94. The zero-order valence-electron chi connectivity index (χ0n) is 19.7. The topological polar surface area (TPSA) is 111 Å². The van der Waals surface area contributed by atoms with E-state index in [2.05, 4.69) is 15.0 Å². The van der Waals surface area contributed by atoms with Gasteiger partial charge in [0.2, 0.25) is 0 Å². The third-order valence-electron chi connectivity index (χ3n) is 5.00. The number of aromatic nitrogens is 2. The Bertz CT molecular complexity index is 1340. The number of hydrogen-bond donors (Lipinski definition) is 2. The minimum atomic E-state index is -5.33. The van der Waals surface area contributed by atoms with E-state index in [1.54, 1.807) is 26.1 Å². The molecule has 9 nitrogen and oxygen atoms in total. The zero-order valence-corrected chi connectivity index (χ0v) is 19.7. The highest BCUT2D eigenvalue weighted by Gasteiger charge is 2.42. The van der Waals surface area contributed by atoms with Crippen LogP contribution in [0.5, 0.6) is 5.75 Å². The van der Waals surface area contributed by atoms with Crippen LogP contribution >= 0.6 is 0 Å². The van der Waals surface area contributed by atoms with E-state index in [9.17, 15) is 36.3 Å². The number of nitrogens with one attached hydrogen (secondary N) is 2. The average Bonchev–Trinajstić information content (AvgIpc) is 3.12. The summed E-state index contributed by atoms with van der Waals surface area (Å²) in [5, 5.41) is 4.50. The highest BCUT2D eigenvalue weighted by Crippen LogP contribution is 2.26. The fourth-order valence-electron chi connectivity index (χ4n) is 3.31. The highest BCUT2D eigenvalue weighted by atomic mass is 19.4. The Morgan fingerprint density at radius 1 is 1.14 bits per heavy atom. The van der Waals surface area contributed by atoms with Crippen molar-refractivity contribution >= 4 is 23.6 Å². The minimum absolute atomic E-state index is 0.0858. The molecule has 0 radical (unpaired) electrons. The van der Waals surface area contributed by atoms with Crippen LogP contribution in [0.15, 0.2) is 30.5 Å². The number of nitrogens with zero attached hydrogens (tertiary/aromatic N) is 2. The molecule has 0 saturated heterocycles. The molecule has 2 aromatic heterocycles. The standard InChI is InChI=1S/C23H21F5N4O5/c1-11-7-17(36-10-14-15(24)5-4-6-16(14)25)19-31-13(3)18(32(19)9-11)20(33)29-8-12(2)30-22(35)37-21(34)23(26,27)28/h4-7,9,12H,8,10H2,1-3H3,(H,29,33)(H,30,35). The first-order chi connectivity index (χ1) is 17.3. The fourth-order valence-corrected chi connectivity index (χ4v) is 3.31. The maximum absolute atomic E-state index is 14.0. The van der Waals surface area contributed by atoms with Crippen molar-refractivity contribution in [3.63, 3.8) is 0 Å². The van der Waals surface area contributed by atoms with Gasteiger partial charge in [-0.1, -0.05) is 6.07 Å². The third kappa shape index (κ3) is 6.51. The fraction of sp³-hybridized carbons (Fsp3) is 0.304. The van der Waals surface area contributed by atoms with Crippen molar-refractivity contribution in [3.8, 4) is 5.75 Å². The molecular weight excluding hydrogens is 507 g/mol. The molecule has 0 saturated carbocycles. The first-order valence-corrected chi connectivity index (χ1v) is 10.7. The molecule has 3 aromatic rings. The normalized spacial score (nSPS) is 12.2. The number of amides is 2. The Balaban J connectivity index is 1.72. The van der Waals surface area contributed by atoms with Crippen LogP contribution in [0.1, 0.15) is 34.2 Å². The number of alkyl carbamates (subject to hydrolysis) is 1. The van der Waals surface area contributed by atoms with Gasteiger partial charge in [-0.15, -0.1) is 0 Å². The number of carbonyl (C=O) groups is 3. The van der Waals surface area contributed by atoms with Crippen molar-refractivity contribution in [1.29, 1.82) is 0 Å². The van der Waals surface area contributed by atoms with Crippen LogP contribution in [0.4, 0.5) is 26.7 Å². The van der Waals surface area contributed by atoms with Gasteiger partial charge in [-0.2, -0.15) is 13.2 Å². The lowest BCUT2D eigenvalue weighted by atomic mass is 10.2. The second-order valence-corrected chi connectivity index (χ2v) is 8.04. The smallest absolute Gasteiger partial charge is 0.485 e. The van der Waals surface area contributed by atoms with Crippen molar-refractivity contribution in [2.24, 2.45) is 0 Å². The van der Waals surface area contributed by atoms with Crippen LogP contribution < -0.4 is 15.4 Å². The lowest BCUT2D eigenvalue weighted by Crippen LogP contribution is -2.44. The monoisotopic (exact) mass is 528 g/mol. The number of ether oxygens (including phenoxy) is 2. The number of benzene rings is 1. The summed E-state index contributed by atoms with van der Waals surface area (Å²) < 4.78 is 75.2. The van der Waals surface area contributed by atoms with Crippen molar-refractivity contribution in [2.45, 2.75) is 39.6 Å². The molecule has 2 N–H and O–H groups in total. The van der Waals surface area contributed by atoms with Crippen molar-refractivity contribution in [3.05, 3.63) is 64.6 Å². The molecule has 0 bridgehead atoms. The van der Waals surface area contributed by atoms with Crippen molar-refractivity contribution in [1.82, 2.24) is 20.0 Å². The van der Waals surface area contributed by atoms with Gasteiger partial charge in [0, 0.05) is 18.8 Å². The molecule has 1 atom stereocenters. The Labute approximate surface area is 206 Å². The molecule has 0 fully saturated rings. The first-order valence-electron chi connectivity index (χ1n) is 10.7. The first kappa shape index (κ1) is 27.4. The van der Waals surface area contributed by atoms with Crippen molar-refractivity contribution < 1.29 is 45.8 Å². The molecule has 0 aliphatic carbocycles. The summed E-state index contributed by atoms with van der Waals surface area (Å²) in [5.41, 5.74) is 0.921. The summed E-state index contributed by atoms with van der Waals surface area (Å²) in [6, 6.07) is 4.10. The molecule has 1 unspecified atom stereocenters. The molecule has 3 rings (SSSR count). The van der Waals surface area contributed by atoms with Gasteiger partial charge < -0.3 is 20.1 Å². The van der Waals surface area contributed by atoms with E-state index in [1.165, 1.54) is 17.4 Å². The van der Waals surface area contributed by atoms with Gasteiger partial charge in [-0.25, -0.2) is 23.4 Å². The second-order valence-electron chi connectivity index (χ2n) is 8.04. The van der Waals surface area contributed by atoms with Gasteiger partial charge in [-0.05, 0) is 44.5 Å². The summed E-state index contributed by atoms with van der Waals surface area (Å²) in [4.78, 5) is 39.4. The Kier molecular flexibility index (Phi) is 7.99. The van der Waals surface area contributed by atoms with Crippen LogP contribution in [-0.2, 0) is 16.1 Å². The number of carbonyl (C=O) groups excluding carboxylic acids is 3. The van der Waals surface area contributed by atoms with Gasteiger partial charge in [0.15, 0.2) is 11.4 Å². The van der Waals surface area contributed by atoms with Gasteiger partial charge in [0.1, 0.15) is 23.9 Å². The Hall–Kier alpha value is -4.23. The summed E-state index contributed by atoms with van der Waals surface area (Å²) in [6.07, 6.45) is -5.37. The Morgan fingerprint density at radius 3 is 2.41 bits per heavy atom. The van der Waals surface area contributed by atoms with Crippen LogP contribution in [0.25, 0.3) is 5.65 Å². The maximum atomic E-state index is 14.0. The third-order valence-corrected chi connectivity index (χ3v) is 5.00. The number of halogens is 5. The lowest BCUT2D eigenvalue weighted by Gasteiger charge is -2.15. The number of aryl methyl sites for hydroxylation is 2. The van der Waals surface area contributed by atoms with E-state index < -0.39 is 48.4 Å². The molecule has 0 aliphatic heterocycles. The zero-order chi connectivity index (χ0) is 27.5. The number of alkyl halides is 3. The number of fused-ring (bicyclic) bond motifs is 1. The van der Waals surface area contributed by atoms with Crippen LogP contribution in [0.3, 0.4) is 0 Å². The SMILES string of the molecule is Cc1cc(OCc2c(F)cccc2F)c2nc(C)c(C(=O)NCC(C)NC(=O)OC(=O)C(F)(F)F)n2c1.